The van der Waals surface area contributed by atoms with E-state index < -0.39 is 0 Å². The fourth-order valence-electron chi connectivity index (χ4n) is 2.88. The van der Waals surface area contributed by atoms with Crippen molar-refractivity contribution in [2.45, 2.75) is 0 Å². The van der Waals surface area contributed by atoms with Crippen LogP contribution in [0.5, 0.6) is 0 Å². The summed E-state index contributed by atoms with van der Waals surface area (Å²) in [6, 6.07) is 27.2. The van der Waals surface area contributed by atoms with Crippen LogP contribution < -0.4 is 5.43 Å². The number of hydrazone groups is 1. The number of halogens is 1. The van der Waals surface area contributed by atoms with Gasteiger partial charge in [0, 0.05) is 20.9 Å². The van der Waals surface area contributed by atoms with Gasteiger partial charge < -0.3 is 0 Å². The molecule has 142 valence electrons. The number of amides is 1. The van der Waals surface area contributed by atoms with Crippen LogP contribution in [-0.2, 0) is 0 Å². The molecule has 1 heterocycles. The average molecular weight is 492 g/mol. The number of nitrogens with one attached hydrogen (secondary N) is 1. The van der Waals surface area contributed by atoms with Gasteiger partial charge in [-0.05, 0) is 46.9 Å². The molecule has 0 unspecified atom stereocenters. The first-order valence-corrected chi connectivity index (χ1v) is 10.1. The molecular weight excluding hydrogens is 475 g/mol. The van der Waals surface area contributed by atoms with Crippen molar-refractivity contribution in [2.75, 3.05) is 0 Å². The molecule has 0 radical (unpaired) electrons. The summed E-state index contributed by atoms with van der Waals surface area (Å²) in [5.41, 5.74) is 6.73. The van der Waals surface area contributed by atoms with Gasteiger partial charge in [-0.25, -0.2) is 10.1 Å². The highest BCUT2D eigenvalue weighted by Gasteiger charge is 2.12. The van der Waals surface area contributed by atoms with Crippen LogP contribution in [0.3, 0.4) is 0 Å². The van der Waals surface area contributed by atoms with Crippen molar-refractivity contribution in [1.29, 1.82) is 0 Å². The Morgan fingerprint density at radius 1 is 0.931 bits per heavy atom. The maximum atomic E-state index is 12.4. The van der Waals surface area contributed by atoms with Gasteiger partial charge in [-0.1, -0.05) is 60.7 Å². The van der Waals surface area contributed by atoms with Gasteiger partial charge in [0.05, 0.1) is 17.5 Å². The van der Waals surface area contributed by atoms with Crippen LogP contribution in [0.15, 0.2) is 96.2 Å². The Kier molecular flexibility index (Phi) is 5.81. The molecule has 1 aromatic heterocycles. The average Bonchev–Trinajstić information content (AvgIpc) is 3.19. The van der Waals surface area contributed by atoms with Crippen LogP contribution in [0.4, 0.5) is 0 Å². The van der Waals surface area contributed by atoms with Crippen LogP contribution in [-0.4, -0.2) is 21.9 Å². The summed E-state index contributed by atoms with van der Waals surface area (Å²) in [7, 11) is 0. The zero-order valence-corrected chi connectivity index (χ0v) is 17.5. The number of hydrogen-bond acceptors (Lipinski definition) is 3. The lowest BCUT2D eigenvalue weighted by Crippen LogP contribution is -2.18. The molecule has 4 rings (SSSR count). The molecule has 1 N–H and O–H groups in total. The summed E-state index contributed by atoms with van der Waals surface area (Å²) < 4.78 is 2.69. The molecule has 6 heteroatoms. The van der Waals surface area contributed by atoms with Gasteiger partial charge in [0.2, 0.25) is 0 Å². The summed E-state index contributed by atoms with van der Waals surface area (Å²) >= 11 is 2.14. The Hall–Kier alpha value is -3.26. The number of aromatic nitrogens is 2. The summed E-state index contributed by atoms with van der Waals surface area (Å²) in [5, 5.41) is 8.90. The van der Waals surface area contributed by atoms with Gasteiger partial charge in [-0.2, -0.15) is 10.2 Å². The Bertz CT molecular complexity index is 1150. The van der Waals surface area contributed by atoms with Gasteiger partial charge >= 0.3 is 0 Å². The first-order chi connectivity index (χ1) is 14.2. The van der Waals surface area contributed by atoms with Crippen LogP contribution in [0.25, 0.3) is 16.9 Å². The number of carbonyl (C=O) groups is 1. The second kappa shape index (κ2) is 8.83. The number of benzene rings is 3. The highest BCUT2D eigenvalue weighted by molar-refractivity contribution is 14.1. The van der Waals surface area contributed by atoms with Crippen LogP contribution in [0.1, 0.15) is 15.9 Å². The molecule has 0 saturated carbocycles. The summed E-state index contributed by atoms with van der Waals surface area (Å²) in [5.74, 6) is -0.247. The molecular formula is C23H17IN4O. The molecule has 0 bridgehead atoms. The molecule has 3 aromatic carbocycles. The van der Waals surface area contributed by atoms with E-state index in [1.54, 1.807) is 12.3 Å². The summed E-state index contributed by atoms with van der Waals surface area (Å²) in [6.45, 7) is 0. The number of para-hydroxylation sites is 1. The highest BCUT2D eigenvalue weighted by Crippen LogP contribution is 2.22. The first kappa shape index (κ1) is 19.1. The van der Waals surface area contributed by atoms with E-state index in [4.69, 9.17) is 5.10 Å². The van der Waals surface area contributed by atoms with E-state index in [0.29, 0.717) is 5.56 Å². The number of carbonyl (C=O) groups excluding carboxylic acids is 1. The minimum atomic E-state index is -0.247. The molecule has 5 nitrogen and oxygen atoms in total. The molecule has 0 saturated heterocycles. The predicted octanol–water partition coefficient (Wildman–Crippen LogP) is 4.91. The van der Waals surface area contributed by atoms with E-state index in [1.807, 2.05) is 89.7 Å². The van der Waals surface area contributed by atoms with Crippen molar-refractivity contribution in [3.63, 3.8) is 0 Å². The molecule has 0 aliphatic rings. The predicted molar refractivity (Wildman–Crippen MR) is 123 cm³/mol. The maximum absolute atomic E-state index is 12.4. The van der Waals surface area contributed by atoms with E-state index in [-0.39, 0.29) is 5.91 Å². The number of nitrogens with zero attached hydrogens (tertiary/aromatic N) is 3. The molecule has 0 fully saturated rings. The van der Waals surface area contributed by atoms with E-state index in [0.717, 1.165) is 26.1 Å². The minimum Gasteiger partial charge on any atom is -0.267 e. The number of hydrogen-bond donors (Lipinski definition) is 1. The van der Waals surface area contributed by atoms with Gasteiger partial charge in [0.1, 0.15) is 5.69 Å². The van der Waals surface area contributed by atoms with E-state index in [1.165, 1.54) is 0 Å². The van der Waals surface area contributed by atoms with Crippen molar-refractivity contribution in [1.82, 2.24) is 15.2 Å². The van der Waals surface area contributed by atoms with Gasteiger partial charge in [0.15, 0.2) is 0 Å². The van der Waals surface area contributed by atoms with E-state index in [2.05, 4.69) is 33.1 Å². The lowest BCUT2D eigenvalue weighted by atomic mass is 10.1. The van der Waals surface area contributed by atoms with Gasteiger partial charge in [-0.15, -0.1) is 0 Å². The largest absolute Gasteiger partial charge is 0.272 e. The topological polar surface area (TPSA) is 59.3 Å². The van der Waals surface area contributed by atoms with E-state index >= 15 is 0 Å². The third-order valence-electron chi connectivity index (χ3n) is 4.30. The summed E-state index contributed by atoms with van der Waals surface area (Å²) in [6.07, 6.45) is 3.53. The second-order valence-electron chi connectivity index (χ2n) is 6.26. The highest BCUT2D eigenvalue weighted by atomic mass is 127. The van der Waals surface area contributed by atoms with E-state index in [9.17, 15) is 4.79 Å². The fourth-order valence-corrected chi connectivity index (χ4v) is 3.51. The molecule has 0 atom stereocenters. The second-order valence-corrected chi connectivity index (χ2v) is 7.42. The molecule has 4 aromatic rings. The monoisotopic (exact) mass is 492 g/mol. The Balaban J connectivity index is 1.63. The third kappa shape index (κ3) is 4.43. The van der Waals surface area contributed by atoms with Crippen molar-refractivity contribution < 1.29 is 4.79 Å². The quantitative estimate of drug-likeness (QED) is 0.245. The normalized spacial score (nSPS) is 10.9. The molecule has 0 spiro atoms. The summed E-state index contributed by atoms with van der Waals surface area (Å²) in [4.78, 5) is 12.4. The molecule has 0 aliphatic heterocycles. The standard InChI is InChI=1S/C23H17IN4O/c24-21-14-8-7-13-20(21)23(29)26-25-15-18-16-28(19-11-5-2-6-12-19)27-22(18)17-9-3-1-4-10-17/h1-16H,(H,26,29)/b25-15+. The van der Waals surface area contributed by atoms with Crippen molar-refractivity contribution in [3.05, 3.63) is 106 Å². The van der Waals surface area contributed by atoms with Gasteiger partial charge in [0.25, 0.3) is 5.91 Å². The lowest BCUT2D eigenvalue weighted by Gasteiger charge is -2.02. The fraction of sp³-hybridized carbons (Fsp3) is 0. The Morgan fingerprint density at radius 3 is 2.31 bits per heavy atom. The van der Waals surface area contributed by atoms with Crippen LogP contribution >= 0.6 is 22.6 Å². The smallest absolute Gasteiger partial charge is 0.267 e. The van der Waals surface area contributed by atoms with Crippen molar-refractivity contribution in [3.8, 4) is 16.9 Å². The van der Waals surface area contributed by atoms with Crippen LogP contribution in [0, 0.1) is 3.57 Å². The lowest BCUT2D eigenvalue weighted by molar-refractivity contribution is 0.0954. The first-order valence-electron chi connectivity index (χ1n) is 9.01. The maximum Gasteiger partial charge on any atom is 0.272 e. The van der Waals surface area contributed by atoms with Crippen LogP contribution in [0.2, 0.25) is 0 Å². The zero-order chi connectivity index (χ0) is 20.1. The molecule has 1 amide bonds. The molecule has 29 heavy (non-hydrogen) atoms. The minimum absolute atomic E-state index is 0.247. The Labute approximate surface area is 182 Å². The molecule has 0 aliphatic carbocycles. The van der Waals surface area contributed by atoms with Gasteiger partial charge in [-0.3, -0.25) is 4.79 Å². The third-order valence-corrected chi connectivity index (χ3v) is 5.24. The SMILES string of the molecule is O=C(N/N=C/c1cn(-c2ccccc2)nc1-c1ccccc1)c1ccccc1I. The Morgan fingerprint density at radius 2 is 1.59 bits per heavy atom. The van der Waals surface area contributed by atoms with Crippen molar-refractivity contribution in [2.24, 2.45) is 5.10 Å². The van der Waals surface area contributed by atoms with Crippen molar-refractivity contribution >= 4 is 34.7 Å². The zero-order valence-electron chi connectivity index (χ0n) is 15.4. The number of rotatable bonds is 5.